The van der Waals surface area contributed by atoms with Gasteiger partial charge in [0.25, 0.3) is 0 Å². The highest BCUT2D eigenvalue weighted by Gasteiger charge is 2.25. The normalized spacial score (nSPS) is 21.1. The molecule has 1 saturated heterocycles. The molecule has 3 nitrogen and oxygen atoms in total. The van der Waals surface area contributed by atoms with E-state index in [-0.39, 0.29) is 0 Å². The number of hydrogen-bond acceptors (Lipinski definition) is 3. The van der Waals surface area contributed by atoms with Crippen molar-refractivity contribution in [2.75, 3.05) is 11.5 Å². The topological polar surface area (TPSA) is 46.2 Å². The van der Waals surface area contributed by atoms with Crippen LogP contribution in [-0.4, -0.2) is 32.0 Å². The van der Waals surface area contributed by atoms with Gasteiger partial charge in [-0.3, -0.25) is 0 Å². The van der Waals surface area contributed by atoms with Crippen LogP contribution in [0.25, 0.3) is 0 Å². The molecule has 4 heteroatoms. The zero-order valence-electron chi connectivity index (χ0n) is 12.3. The van der Waals surface area contributed by atoms with E-state index in [1.165, 1.54) is 12.8 Å². The third-order valence-electron chi connectivity index (χ3n) is 3.54. The fourth-order valence-electron chi connectivity index (χ4n) is 2.76. The van der Waals surface area contributed by atoms with Gasteiger partial charge in [-0.1, -0.05) is 27.7 Å². The van der Waals surface area contributed by atoms with Crippen molar-refractivity contribution in [1.82, 2.24) is 5.32 Å². The van der Waals surface area contributed by atoms with E-state index in [2.05, 4.69) is 33.0 Å². The largest absolute Gasteiger partial charge is 0.311 e. The summed E-state index contributed by atoms with van der Waals surface area (Å²) >= 11 is 0. The summed E-state index contributed by atoms with van der Waals surface area (Å²) in [5.74, 6) is 2.10. The maximum atomic E-state index is 11.4. The van der Waals surface area contributed by atoms with Gasteiger partial charge >= 0.3 is 0 Å². The molecule has 0 aromatic carbocycles. The Kier molecular flexibility index (Phi) is 6.12. The Morgan fingerprint density at radius 1 is 1.00 bits per heavy atom. The first-order valence-corrected chi connectivity index (χ1v) is 9.07. The summed E-state index contributed by atoms with van der Waals surface area (Å²) in [4.78, 5) is 0. The molecule has 1 heterocycles. The van der Waals surface area contributed by atoms with E-state index in [4.69, 9.17) is 0 Å². The first kappa shape index (κ1) is 16.0. The quantitative estimate of drug-likeness (QED) is 0.810. The van der Waals surface area contributed by atoms with Crippen molar-refractivity contribution in [2.45, 2.75) is 65.5 Å². The summed E-state index contributed by atoms with van der Waals surface area (Å²) in [6.45, 7) is 9.00. The van der Waals surface area contributed by atoms with Crippen molar-refractivity contribution in [2.24, 2.45) is 11.8 Å². The van der Waals surface area contributed by atoms with Crippen molar-refractivity contribution in [3.8, 4) is 0 Å². The number of rotatable bonds is 6. The minimum Gasteiger partial charge on any atom is -0.311 e. The maximum absolute atomic E-state index is 11.4. The van der Waals surface area contributed by atoms with E-state index in [0.29, 0.717) is 35.4 Å². The highest BCUT2D eigenvalue weighted by molar-refractivity contribution is 7.91. The molecule has 1 aliphatic heterocycles. The molecule has 1 fully saturated rings. The van der Waals surface area contributed by atoms with E-state index >= 15 is 0 Å². The summed E-state index contributed by atoms with van der Waals surface area (Å²) in [6, 6.07) is 0.937. The third kappa shape index (κ3) is 6.19. The lowest BCUT2D eigenvalue weighted by Crippen LogP contribution is -2.44. The Labute approximate surface area is 113 Å². The van der Waals surface area contributed by atoms with E-state index < -0.39 is 9.84 Å². The van der Waals surface area contributed by atoms with E-state index in [1.54, 1.807) is 0 Å². The molecule has 18 heavy (non-hydrogen) atoms. The Balaban J connectivity index is 2.45. The monoisotopic (exact) mass is 275 g/mol. The molecule has 0 bridgehead atoms. The molecule has 0 spiro atoms. The van der Waals surface area contributed by atoms with Gasteiger partial charge in [0, 0.05) is 12.1 Å². The molecule has 0 unspecified atom stereocenters. The number of sulfone groups is 1. The van der Waals surface area contributed by atoms with Crippen LogP contribution in [0, 0.1) is 11.8 Å². The van der Waals surface area contributed by atoms with Crippen LogP contribution in [0.2, 0.25) is 0 Å². The van der Waals surface area contributed by atoms with Crippen LogP contribution in [0.1, 0.15) is 53.4 Å². The van der Waals surface area contributed by atoms with Crippen LogP contribution in [0.3, 0.4) is 0 Å². The lowest BCUT2D eigenvalue weighted by Gasteiger charge is -2.30. The predicted molar refractivity (Wildman–Crippen MR) is 77.5 cm³/mol. The lowest BCUT2D eigenvalue weighted by molar-refractivity contribution is 0.314. The van der Waals surface area contributed by atoms with Crippen molar-refractivity contribution in [3.05, 3.63) is 0 Å². The summed E-state index contributed by atoms with van der Waals surface area (Å²) in [7, 11) is -2.74. The molecule has 108 valence electrons. The van der Waals surface area contributed by atoms with Crippen LogP contribution in [-0.2, 0) is 9.84 Å². The molecule has 1 rings (SSSR count). The molecule has 0 amide bonds. The molecule has 1 aliphatic rings. The molecule has 0 aromatic heterocycles. The molecule has 0 saturated carbocycles. The van der Waals surface area contributed by atoms with Gasteiger partial charge in [-0.05, 0) is 37.5 Å². The Hall–Kier alpha value is -0.0900. The average molecular weight is 275 g/mol. The second kappa shape index (κ2) is 6.90. The molecular formula is C14H29NO2S. The third-order valence-corrected chi connectivity index (χ3v) is 5.25. The van der Waals surface area contributed by atoms with Gasteiger partial charge in [0.2, 0.25) is 0 Å². The van der Waals surface area contributed by atoms with Crippen LogP contribution in [0.4, 0.5) is 0 Å². The van der Waals surface area contributed by atoms with Gasteiger partial charge in [0.1, 0.15) is 9.84 Å². The minimum atomic E-state index is -2.74. The number of hydrogen-bond donors (Lipinski definition) is 1. The van der Waals surface area contributed by atoms with Gasteiger partial charge in [-0.2, -0.15) is 0 Å². The Morgan fingerprint density at radius 2 is 1.44 bits per heavy atom. The highest BCUT2D eigenvalue weighted by Crippen LogP contribution is 2.18. The van der Waals surface area contributed by atoms with Crippen LogP contribution >= 0.6 is 0 Å². The summed E-state index contributed by atoms with van der Waals surface area (Å²) < 4.78 is 22.8. The first-order valence-electron chi connectivity index (χ1n) is 7.25. The summed E-state index contributed by atoms with van der Waals surface area (Å²) in [5, 5.41) is 3.69. The van der Waals surface area contributed by atoms with Crippen molar-refractivity contribution in [3.63, 3.8) is 0 Å². The van der Waals surface area contributed by atoms with E-state index in [0.717, 1.165) is 12.8 Å². The van der Waals surface area contributed by atoms with Gasteiger partial charge in [0.15, 0.2) is 0 Å². The second-order valence-corrected chi connectivity index (χ2v) is 8.85. The zero-order chi connectivity index (χ0) is 13.8. The molecular weight excluding hydrogens is 246 g/mol. The van der Waals surface area contributed by atoms with Crippen LogP contribution < -0.4 is 5.32 Å². The predicted octanol–water partition coefficient (Wildman–Crippen LogP) is 2.61. The molecule has 0 radical (unpaired) electrons. The SMILES string of the molecule is CC(C)CC(CC(C)C)NC1CCS(=O)(=O)CC1. The zero-order valence-corrected chi connectivity index (χ0v) is 13.1. The average Bonchev–Trinajstić information content (AvgIpc) is 2.19. The second-order valence-electron chi connectivity index (χ2n) is 6.55. The number of nitrogens with one attached hydrogen (secondary N) is 1. The Bertz CT molecular complexity index is 312. The van der Waals surface area contributed by atoms with Gasteiger partial charge in [-0.25, -0.2) is 8.42 Å². The van der Waals surface area contributed by atoms with Crippen molar-refractivity contribution >= 4 is 9.84 Å². The van der Waals surface area contributed by atoms with Gasteiger partial charge in [-0.15, -0.1) is 0 Å². The maximum Gasteiger partial charge on any atom is 0.150 e. The van der Waals surface area contributed by atoms with E-state index in [9.17, 15) is 8.42 Å². The van der Waals surface area contributed by atoms with Crippen LogP contribution in [0.15, 0.2) is 0 Å². The molecule has 0 aromatic rings. The highest BCUT2D eigenvalue weighted by atomic mass is 32.2. The van der Waals surface area contributed by atoms with Crippen LogP contribution in [0.5, 0.6) is 0 Å². The standard InChI is InChI=1S/C14H29NO2S/c1-11(2)9-14(10-12(3)4)15-13-5-7-18(16,17)8-6-13/h11-15H,5-10H2,1-4H3. The first-order chi connectivity index (χ1) is 8.28. The van der Waals surface area contributed by atoms with E-state index in [1.807, 2.05) is 0 Å². The smallest absolute Gasteiger partial charge is 0.150 e. The Morgan fingerprint density at radius 3 is 1.83 bits per heavy atom. The summed E-state index contributed by atoms with van der Waals surface area (Å²) in [5.41, 5.74) is 0. The lowest BCUT2D eigenvalue weighted by atomic mass is 9.94. The minimum absolute atomic E-state index is 0.362. The fraction of sp³-hybridized carbons (Fsp3) is 1.00. The van der Waals surface area contributed by atoms with Gasteiger partial charge in [0.05, 0.1) is 11.5 Å². The molecule has 1 N–H and O–H groups in total. The fourth-order valence-corrected chi connectivity index (χ4v) is 4.25. The van der Waals surface area contributed by atoms with Crippen molar-refractivity contribution in [1.29, 1.82) is 0 Å². The summed E-state index contributed by atoms with van der Waals surface area (Å²) in [6.07, 6.45) is 3.94. The molecule has 0 atom stereocenters. The van der Waals surface area contributed by atoms with Gasteiger partial charge < -0.3 is 5.32 Å². The molecule has 0 aliphatic carbocycles. The van der Waals surface area contributed by atoms with Crippen molar-refractivity contribution < 1.29 is 8.42 Å².